The molecule has 2 heterocycles. The zero-order chi connectivity index (χ0) is 17.8. The topological polar surface area (TPSA) is 34.1 Å². The van der Waals surface area contributed by atoms with Crippen LogP contribution in [0.25, 0.3) is 0 Å². The van der Waals surface area contributed by atoms with Crippen LogP contribution in [0.1, 0.15) is 24.0 Å². The Morgan fingerprint density at radius 2 is 2.00 bits per heavy atom. The van der Waals surface area contributed by atoms with Gasteiger partial charge in [-0.15, -0.1) is 0 Å². The third-order valence-corrected chi connectivity index (χ3v) is 4.91. The summed E-state index contributed by atoms with van der Waals surface area (Å²) in [6.45, 7) is -0.0403. The average molecular weight is 417 g/mol. The van der Waals surface area contributed by atoms with Crippen LogP contribution < -0.4 is 5.32 Å². The first kappa shape index (κ1) is 16.8. The van der Waals surface area contributed by atoms with Crippen molar-refractivity contribution in [3.8, 4) is 0 Å². The average Bonchev–Trinajstić information content (AvgIpc) is 3.35. The smallest absolute Gasteiger partial charge is 0.356 e. The molecule has 2 aromatic rings. The number of aromatic nitrogens is 1. The molecule has 1 saturated carbocycles. The lowest BCUT2D eigenvalue weighted by molar-refractivity contribution is -0.268. The van der Waals surface area contributed by atoms with Gasteiger partial charge in [-0.1, -0.05) is 0 Å². The van der Waals surface area contributed by atoms with Gasteiger partial charge in [0.25, 0.3) is 0 Å². The molecule has 1 atom stereocenters. The van der Waals surface area contributed by atoms with Gasteiger partial charge in [0.2, 0.25) is 5.60 Å². The van der Waals surface area contributed by atoms with Gasteiger partial charge >= 0.3 is 6.18 Å². The van der Waals surface area contributed by atoms with Crippen LogP contribution in [0.2, 0.25) is 0 Å². The fourth-order valence-corrected chi connectivity index (χ4v) is 3.40. The maximum Gasteiger partial charge on any atom is 0.426 e. The summed E-state index contributed by atoms with van der Waals surface area (Å²) in [5.41, 5.74) is -3.08. The van der Waals surface area contributed by atoms with Crippen molar-refractivity contribution >= 4 is 27.4 Å². The van der Waals surface area contributed by atoms with Crippen LogP contribution in [-0.2, 0) is 10.3 Å². The predicted octanol–water partition coefficient (Wildman–Crippen LogP) is 5.27. The predicted molar refractivity (Wildman–Crippen MR) is 87.1 cm³/mol. The minimum absolute atomic E-state index is 0.0403. The summed E-state index contributed by atoms with van der Waals surface area (Å²) in [6.07, 6.45) is -1.70. The molecule has 1 aliphatic carbocycles. The first-order valence-electron chi connectivity index (χ1n) is 7.75. The molecule has 25 heavy (non-hydrogen) atoms. The number of nitrogens with one attached hydrogen (secondary N) is 1. The molecule has 0 saturated heterocycles. The van der Waals surface area contributed by atoms with Gasteiger partial charge in [-0.2, -0.15) is 13.2 Å². The minimum Gasteiger partial charge on any atom is -0.356 e. The van der Waals surface area contributed by atoms with E-state index in [9.17, 15) is 17.6 Å². The Morgan fingerprint density at radius 3 is 2.68 bits per heavy atom. The number of hydrogen-bond donors (Lipinski definition) is 1. The molecule has 1 aliphatic heterocycles. The van der Waals surface area contributed by atoms with Crippen molar-refractivity contribution in [2.24, 2.45) is 5.92 Å². The Kier molecular flexibility index (Phi) is 3.81. The quantitative estimate of drug-likeness (QED) is 0.691. The van der Waals surface area contributed by atoms with E-state index in [1.54, 1.807) is 0 Å². The van der Waals surface area contributed by atoms with Crippen LogP contribution in [0.5, 0.6) is 0 Å². The van der Waals surface area contributed by atoms with Gasteiger partial charge in [-0.25, -0.2) is 9.37 Å². The van der Waals surface area contributed by atoms with E-state index in [1.807, 2.05) is 0 Å². The Morgan fingerprint density at radius 1 is 1.24 bits per heavy atom. The molecule has 4 rings (SSSR count). The Hall–Kier alpha value is -1.67. The van der Waals surface area contributed by atoms with Gasteiger partial charge in [0.05, 0.1) is 6.61 Å². The summed E-state index contributed by atoms with van der Waals surface area (Å²) in [7, 11) is 0. The molecule has 132 valence electrons. The molecular weight excluding hydrogens is 404 g/mol. The summed E-state index contributed by atoms with van der Waals surface area (Å²) >= 11 is 3.17. The van der Waals surface area contributed by atoms with Crippen LogP contribution in [0.15, 0.2) is 34.9 Å². The highest BCUT2D eigenvalue weighted by Gasteiger charge is 2.62. The number of nitrogens with zero attached hydrogens (tertiary/aromatic N) is 1. The first-order valence-corrected chi connectivity index (χ1v) is 8.54. The second kappa shape index (κ2) is 5.67. The summed E-state index contributed by atoms with van der Waals surface area (Å²) in [6, 6.07) is 4.59. The van der Waals surface area contributed by atoms with Gasteiger partial charge in [0.15, 0.2) is 0 Å². The van der Waals surface area contributed by atoms with Crippen molar-refractivity contribution in [3.05, 3.63) is 51.9 Å². The lowest BCUT2D eigenvalue weighted by Gasteiger charge is -2.41. The number of ether oxygens (including phenoxy) is 1. The maximum absolute atomic E-state index is 14.4. The maximum atomic E-state index is 14.4. The lowest BCUT2D eigenvalue weighted by atomic mass is 9.81. The van der Waals surface area contributed by atoms with Gasteiger partial charge in [-0.05, 0) is 59.0 Å². The van der Waals surface area contributed by atoms with Crippen molar-refractivity contribution in [1.82, 2.24) is 4.98 Å². The molecule has 1 N–H and O–H groups in total. The van der Waals surface area contributed by atoms with Crippen LogP contribution >= 0.6 is 15.9 Å². The van der Waals surface area contributed by atoms with E-state index in [-0.39, 0.29) is 35.2 Å². The fraction of sp³-hybridized carbons (Fsp3) is 0.353. The summed E-state index contributed by atoms with van der Waals surface area (Å²) in [5, 5.41) is 2.85. The van der Waals surface area contributed by atoms with E-state index in [2.05, 4.69) is 26.2 Å². The summed E-state index contributed by atoms with van der Waals surface area (Å²) in [5.74, 6) is -0.597. The number of fused-ring (bicyclic) bond motifs is 2. The van der Waals surface area contributed by atoms with Crippen molar-refractivity contribution < 1.29 is 22.3 Å². The molecule has 0 amide bonds. The van der Waals surface area contributed by atoms with Crippen molar-refractivity contribution in [2.75, 3.05) is 11.9 Å². The van der Waals surface area contributed by atoms with E-state index >= 15 is 0 Å². The molecule has 1 unspecified atom stereocenters. The highest BCUT2D eigenvalue weighted by atomic mass is 79.9. The van der Waals surface area contributed by atoms with Crippen molar-refractivity contribution in [3.63, 3.8) is 0 Å². The van der Waals surface area contributed by atoms with E-state index in [4.69, 9.17) is 4.74 Å². The monoisotopic (exact) mass is 416 g/mol. The second-order valence-corrected chi connectivity index (χ2v) is 7.21. The molecule has 3 nitrogen and oxygen atoms in total. The zero-order valence-corrected chi connectivity index (χ0v) is 14.4. The Balaban J connectivity index is 1.98. The summed E-state index contributed by atoms with van der Waals surface area (Å²) < 4.78 is 62.8. The minimum atomic E-state index is -4.79. The number of halogens is 5. The normalized spacial score (nSPS) is 22.1. The molecule has 1 aromatic carbocycles. The van der Waals surface area contributed by atoms with Gasteiger partial charge in [0.1, 0.15) is 11.6 Å². The number of alkyl halides is 3. The van der Waals surface area contributed by atoms with Crippen LogP contribution in [0.3, 0.4) is 0 Å². The van der Waals surface area contributed by atoms with E-state index in [1.165, 1.54) is 18.3 Å². The fourth-order valence-electron chi connectivity index (χ4n) is 3.07. The molecule has 0 spiro atoms. The molecule has 1 fully saturated rings. The number of pyridine rings is 1. The second-order valence-electron chi connectivity index (χ2n) is 6.30. The number of rotatable bonds is 3. The third-order valence-electron chi connectivity index (χ3n) is 4.48. The molecule has 2 aliphatic rings. The van der Waals surface area contributed by atoms with Crippen LogP contribution in [0, 0.1) is 11.7 Å². The van der Waals surface area contributed by atoms with E-state index in [0.29, 0.717) is 4.47 Å². The first-order chi connectivity index (χ1) is 11.8. The molecule has 0 radical (unpaired) electrons. The van der Waals surface area contributed by atoms with Gasteiger partial charge in [-0.3, -0.25) is 0 Å². The third kappa shape index (κ3) is 2.71. The van der Waals surface area contributed by atoms with E-state index in [0.717, 1.165) is 25.0 Å². The van der Waals surface area contributed by atoms with Gasteiger partial charge in [0, 0.05) is 27.5 Å². The highest BCUT2D eigenvalue weighted by molar-refractivity contribution is 9.10. The van der Waals surface area contributed by atoms with Crippen molar-refractivity contribution in [1.29, 1.82) is 0 Å². The Bertz CT molecular complexity index is 784. The summed E-state index contributed by atoms with van der Waals surface area (Å²) in [4.78, 5) is 4.06. The van der Waals surface area contributed by atoms with Crippen LogP contribution in [0.4, 0.5) is 29.1 Å². The molecule has 0 bridgehead atoms. The number of hydrogen-bond acceptors (Lipinski definition) is 3. The zero-order valence-electron chi connectivity index (χ0n) is 12.8. The largest absolute Gasteiger partial charge is 0.426 e. The molecule has 8 heteroatoms. The van der Waals surface area contributed by atoms with Crippen LogP contribution in [-0.4, -0.2) is 17.8 Å². The van der Waals surface area contributed by atoms with Gasteiger partial charge < -0.3 is 10.1 Å². The highest BCUT2D eigenvalue weighted by Crippen LogP contribution is 2.55. The number of anilines is 2. The lowest BCUT2D eigenvalue weighted by Crippen LogP contribution is -2.49. The molecule has 1 aromatic heterocycles. The van der Waals surface area contributed by atoms with Crippen molar-refractivity contribution in [2.45, 2.75) is 24.6 Å². The SMILES string of the molecule is Fc1ccc2c(c1)C(OCC1CC1)(C(F)(F)F)c1cc(Br)cnc1N2. The molecular formula is C17H13BrF4N2O. The standard InChI is InChI=1S/C17H13BrF4N2O/c18-10-5-13-15(23-7-10)24-14-4-3-11(19)6-12(14)16(13,17(20,21)22)25-8-9-1-2-9/h3-7,9H,1-2,8H2,(H,23,24). The van der Waals surface area contributed by atoms with E-state index < -0.39 is 17.6 Å². The number of benzene rings is 1. The Labute approximate surface area is 149 Å².